The van der Waals surface area contributed by atoms with Gasteiger partial charge in [0.25, 0.3) is 0 Å². The molecule has 142 valence electrons. The molecule has 0 unspecified atom stereocenters. The lowest BCUT2D eigenvalue weighted by Gasteiger charge is -2.31. The minimum Gasteiger partial charge on any atom is -0.490 e. The molecule has 0 aliphatic carbocycles. The topological polar surface area (TPSA) is 93.9 Å². The number of hydrogen-bond donors (Lipinski definition) is 2. The van der Waals surface area contributed by atoms with Gasteiger partial charge in [-0.25, -0.2) is 0 Å². The smallest absolute Gasteiger partial charge is 0.238 e. The van der Waals surface area contributed by atoms with Gasteiger partial charge in [-0.05, 0) is 25.3 Å². The Kier molecular flexibility index (Phi) is 6.21. The first kappa shape index (κ1) is 18.8. The Balaban J connectivity index is 1.59. The van der Waals surface area contributed by atoms with Crippen LogP contribution < -0.4 is 20.5 Å². The van der Waals surface area contributed by atoms with Crippen LogP contribution in [-0.2, 0) is 9.59 Å². The molecular formula is C18H24ClN3O4. The Hall–Kier alpha value is -1.99. The number of amides is 2. The summed E-state index contributed by atoms with van der Waals surface area (Å²) in [7, 11) is 0. The largest absolute Gasteiger partial charge is 0.490 e. The number of carbonyl (C=O) groups excluding carboxylic acids is 2. The summed E-state index contributed by atoms with van der Waals surface area (Å²) in [6.07, 6.45) is 3.09. The van der Waals surface area contributed by atoms with E-state index in [1.165, 1.54) is 0 Å². The zero-order chi connectivity index (χ0) is 18.5. The molecule has 1 aromatic rings. The highest BCUT2D eigenvalue weighted by Gasteiger charge is 2.23. The van der Waals surface area contributed by atoms with Gasteiger partial charge in [0.15, 0.2) is 11.5 Å². The van der Waals surface area contributed by atoms with Gasteiger partial charge in [0, 0.05) is 31.5 Å². The van der Waals surface area contributed by atoms with Crippen molar-refractivity contribution in [2.75, 3.05) is 38.2 Å². The van der Waals surface area contributed by atoms with Crippen molar-refractivity contribution in [3.05, 3.63) is 17.2 Å². The van der Waals surface area contributed by atoms with Crippen LogP contribution >= 0.6 is 11.6 Å². The van der Waals surface area contributed by atoms with Gasteiger partial charge in [-0.15, -0.1) is 0 Å². The molecule has 0 spiro atoms. The van der Waals surface area contributed by atoms with Gasteiger partial charge in [-0.2, -0.15) is 0 Å². The van der Waals surface area contributed by atoms with E-state index in [2.05, 4.69) is 5.32 Å². The number of benzene rings is 1. The first-order chi connectivity index (χ1) is 12.5. The van der Waals surface area contributed by atoms with Crippen LogP contribution in [0.15, 0.2) is 12.1 Å². The zero-order valence-corrected chi connectivity index (χ0v) is 15.4. The Morgan fingerprint density at radius 2 is 1.96 bits per heavy atom. The maximum absolute atomic E-state index is 12.4. The third-order valence-electron chi connectivity index (χ3n) is 4.57. The van der Waals surface area contributed by atoms with Gasteiger partial charge in [-0.3, -0.25) is 14.5 Å². The second kappa shape index (κ2) is 8.60. The molecule has 0 saturated carbocycles. The Labute approximate surface area is 157 Å². The summed E-state index contributed by atoms with van der Waals surface area (Å²) in [5.74, 6) is 0.953. The first-order valence-electron chi connectivity index (χ1n) is 8.91. The minimum absolute atomic E-state index is 0.152. The predicted octanol–water partition coefficient (Wildman–Crippen LogP) is 2.03. The molecule has 1 aromatic carbocycles. The van der Waals surface area contributed by atoms with E-state index in [0.717, 1.165) is 25.8 Å². The van der Waals surface area contributed by atoms with Crippen molar-refractivity contribution >= 4 is 29.1 Å². The van der Waals surface area contributed by atoms with E-state index >= 15 is 0 Å². The molecule has 2 aliphatic heterocycles. The lowest BCUT2D eigenvalue weighted by molar-refractivity contribution is -0.119. The summed E-state index contributed by atoms with van der Waals surface area (Å²) in [6, 6.07) is 3.37. The highest BCUT2D eigenvalue weighted by molar-refractivity contribution is 6.34. The summed E-state index contributed by atoms with van der Waals surface area (Å²) >= 11 is 6.27. The second-order valence-electron chi connectivity index (χ2n) is 6.79. The zero-order valence-electron chi connectivity index (χ0n) is 14.6. The van der Waals surface area contributed by atoms with Crippen molar-refractivity contribution in [2.24, 2.45) is 11.7 Å². The van der Waals surface area contributed by atoms with Crippen LogP contribution in [0.1, 0.15) is 25.7 Å². The molecule has 2 heterocycles. The van der Waals surface area contributed by atoms with Crippen LogP contribution in [0.3, 0.4) is 0 Å². The number of piperidine rings is 1. The van der Waals surface area contributed by atoms with Crippen molar-refractivity contribution < 1.29 is 19.1 Å². The van der Waals surface area contributed by atoms with Crippen LogP contribution in [0, 0.1) is 5.92 Å². The summed E-state index contributed by atoms with van der Waals surface area (Å²) in [5.41, 5.74) is 5.79. The molecular weight excluding hydrogens is 358 g/mol. The third kappa shape index (κ3) is 5.02. The van der Waals surface area contributed by atoms with E-state index in [-0.39, 0.29) is 24.3 Å². The molecule has 0 bridgehead atoms. The number of primary amides is 1. The molecule has 0 radical (unpaired) electrons. The minimum atomic E-state index is -0.291. The van der Waals surface area contributed by atoms with Gasteiger partial charge in [-0.1, -0.05) is 11.6 Å². The quantitative estimate of drug-likeness (QED) is 0.813. The Bertz CT molecular complexity index is 683. The maximum Gasteiger partial charge on any atom is 0.238 e. The fourth-order valence-corrected chi connectivity index (χ4v) is 3.62. The van der Waals surface area contributed by atoms with Crippen molar-refractivity contribution in [3.8, 4) is 11.5 Å². The number of nitrogens with one attached hydrogen (secondary N) is 1. The highest BCUT2D eigenvalue weighted by atomic mass is 35.5. The number of hydrogen-bond acceptors (Lipinski definition) is 5. The van der Waals surface area contributed by atoms with Crippen LogP contribution in [0.4, 0.5) is 5.69 Å². The number of nitrogens with two attached hydrogens (primary N) is 1. The molecule has 26 heavy (non-hydrogen) atoms. The highest BCUT2D eigenvalue weighted by Crippen LogP contribution is 2.37. The normalized spacial score (nSPS) is 20.3. The van der Waals surface area contributed by atoms with Crippen LogP contribution in [-0.4, -0.2) is 49.6 Å². The molecule has 0 aromatic heterocycles. The van der Waals surface area contributed by atoms with E-state index in [1.54, 1.807) is 12.1 Å². The van der Waals surface area contributed by atoms with E-state index < -0.39 is 0 Å². The summed E-state index contributed by atoms with van der Waals surface area (Å²) in [4.78, 5) is 25.6. The summed E-state index contributed by atoms with van der Waals surface area (Å²) in [6.45, 7) is 2.93. The third-order valence-corrected chi connectivity index (χ3v) is 4.88. The number of likely N-dealkylation sites (tertiary alicyclic amines) is 1. The molecule has 8 heteroatoms. The monoisotopic (exact) mass is 381 g/mol. The molecule has 7 nitrogen and oxygen atoms in total. The fourth-order valence-electron chi connectivity index (χ4n) is 3.42. The molecule has 1 atom stereocenters. The average Bonchev–Trinajstić information content (AvgIpc) is 2.79. The van der Waals surface area contributed by atoms with E-state index in [0.29, 0.717) is 48.4 Å². The second-order valence-corrected chi connectivity index (χ2v) is 7.20. The van der Waals surface area contributed by atoms with Crippen molar-refractivity contribution in [1.82, 2.24) is 4.90 Å². The molecule has 2 aliphatic rings. The number of rotatable bonds is 5. The molecule has 1 saturated heterocycles. The van der Waals surface area contributed by atoms with Crippen molar-refractivity contribution in [1.29, 1.82) is 0 Å². The van der Waals surface area contributed by atoms with E-state index in [4.69, 9.17) is 26.8 Å². The van der Waals surface area contributed by atoms with Crippen LogP contribution in [0.5, 0.6) is 11.5 Å². The van der Waals surface area contributed by atoms with Gasteiger partial charge >= 0.3 is 0 Å². The van der Waals surface area contributed by atoms with E-state index in [9.17, 15) is 9.59 Å². The first-order valence-corrected chi connectivity index (χ1v) is 9.28. The van der Waals surface area contributed by atoms with Gasteiger partial charge in [0.2, 0.25) is 11.8 Å². The standard InChI is InChI=1S/C18H24ClN3O4/c19-13-8-15-16(26-6-2-5-25-15)9-14(13)21-18(24)11-22-4-1-3-12(10-22)7-17(20)23/h8-9,12H,1-7,10-11H2,(H2,20,23)(H,21,24)/t12-/m0/s1. The SMILES string of the molecule is NC(=O)C[C@@H]1CCCN(CC(=O)Nc2cc3c(cc2Cl)OCCCO3)C1. The fraction of sp³-hybridized carbons (Fsp3) is 0.556. The maximum atomic E-state index is 12.4. The summed E-state index contributed by atoms with van der Waals surface area (Å²) in [5, 5.41) is 3.25. The molecule has 3 N–H and O–H groups in total. The molecule has 1 fully saturated rings. The van der Waals surface area contributed by atoms with Crippen LogP contribution in [0.25, 0.3) is 0 Å². The number of nitrogens with zero attached hydrogens (tertiary/aromatic N) is 1. The van der Waals surface area contributed by atoms with Gasteiger partial charge < -0.3 is 20.5 Å². The average molecular weight is 382 g/mol. The van der Waals surface area contributed by atoms with Gasteiger partial charge in [0.1, 0.15) is 0 Å². The summed E-state index contributed by atoms with van der Waals surface area (Å²) < 4.78 is 11.2. The number of carbonyl (C=O) groups is 2. The number of halogens is 1. The number of ether oxygens (including phenoxy) is 2. The lowest BCUT2D eigenvalue weighted by Crippen LogP contribution is -2.41. The van der Waals surface area contributed by atoms with E-state index in [1.807, 2.05) is 4.90 Å². The Morgan fingerprint density at radius 1 is 1.23 bits per heavy atom. The molecule has 3 rings (SSSR count). The molecule has 2 amide bonds. The lowest BCUT2D eigenvalue weighted by atomic mass is 9.94. The van der Waals surface area contributed by atoms with Crippen LogP contribution in [0.2, 0.25) is 5.02 Å². The Morgan fingerprint density at radius 3 is 2.69 bits per heavy atom. The van der Waals surface area contributed by atoms with Crippen molar-refractivity contribution in [2.45, 2.75) is 25.7 Å². The van der Waals surface area contributed by atoms with Crippen molar-refractivity contribution in [3.63, 3.8) is 0 Å². The number of anilines is 1. The number of fused-ring (bicyclic) bond motifs is 1. The predicted molar refractivity (Wildman–Crippen MR) is 98.7 cm³/mol. The van der Waals surface area contributed by atoms with Gasteiger partial charge in [0.05, 0.1) is 30.5 Å².